The van der Waals surface area contributed by atoms with E-state index >= 15 is 0 Å². The highest BCUT2D eigenvalue weighted by Crippen LogP contribution is 2.15. The Morgan fingerprint density at radius 1 is 0.955 bits per heavy atom. The van der Waals surface area contributed by atoms with E-state index in [-0.39, 0.29) is 6.04 Å². The van der Waals surface area contributed by atoms with Gasteiger partial charge in [0.2, 0.25) is 0 Å². The molecule has 0 saturated heterocycles. The fourth-order valence-electron chi connectivity index (χ4n) is 2.22. The minimum absolute atomic E-state index is 0.221. The van der Waals surface area contributed by atoms with Gasteiger partial charge >= 0.3 is 11.8 Å². The van der Waals surface area contributed by atoms with E-state index in [0.29, 0.717) is 5.69 Å². The van der Waals surface area contributed by atoms with Gasteiger partial charge in [-0.2, -0.15) is 0 Å². The van der Waals surface area contributed by atoms with Crippen LogP contribution in [-0.4, -0.2) is 11.8 Å². The van der Waals surface area contributed by atoms with Crippen LogP contribution in [0.2, 0.25) is 0 Å². The van der Waals surface area contributed by atoms with Crippen molar-refractivity contribution in [1.29, 1.82) is 0 Å². The molecule has 4 nitrogen and oxygen atoms in total. The predicted octanol–water partition coefficient (Wildman–Crippen LogP) is 3.06. The number of carbonyl (C=O) groups is 2. The highest BCUT2D eigenvalue weighted by atomic mass is 16.2. The Bertz CT molecular complexity index is 653. The van der Waals surface area contributed by atoms with Crippen LogP contribution in [0.1, 0.15) is 31.0 Å². The van der Waals surface area contributed by atoms with Crippen molar-refractivity contribution in [3.05, 3.63) is 65.7 Å². The van der Waals surface area contributed by atoms with E-state index in [1.807, 2.05) is 62.4 Å². The van der Waals surface area contributed by atoms with E-state index in [2.05, 4.69) is 10.6 Å². The van der Waals surface area contributed by atoms with Gasteiger partial charge in [-0.05, 0) is 30.5 Å². The van der Waals surface area contributed by atoms with Crippen molar-refractivity contribution in [1.82, 2.24) is 5.32 Å². The maximum atomic E-state index is 12.0. The lowest BCUT2D eigenvalue weighted by molar-refractivity contribution is -0.136. The Hall–Kier alpha value is -2.62. The van der Waals surface area contributed by atoms with Crippen LogP contribution < -0.4 is 10.6 Å². The van der Waals surface area contributed by atoms with Gasteiger partial charge < -0.3 is 10.6 Å². The fraction of sp³-hybridized carbons (Fsp3) is 0.222. The highest BCUT2D eigenvalue weighted by molar-refractivity contribution is 6.39. The first-order valence-corrected chi connectivity index (χ1v) is 7.36. The number of hydrogen-bond donors (Lipinski definition) is 2. The first kappa shape index (κ1) is 15.8. The van der Waals surface area contributed by atoms with Crippen molar-refractivity contribution in [2.24, 2.45) is 0 Å². The second-order valence-corrected chi connectivity index (χ2v) is 5.07. The number of anilines is 1. The van der Waals surface area contributed by atoms with Crippen molar-refractivity contribution in [3.63, 3.8) is 0 Å². The molecule has 114 valence electrons. The van der Waals surface area contributed by atoms with Crippen molar-refractivity contribution in [2.75, 3.05) is 5.32 Å². The first-order valence-electron chi connectivity index (χ1n) is 7.36. The molecule has 4 heteroatoms. The van der Waals surface area contributed by atoms with Crippen LogP contribution >= 0.6 is 0 Å². The molecule has 2 rings (SSSR count). The summed E-state index contributed by atoms with van der Waals surface area (Å²) in [5, 5.41) is 5.37. The molecule has 2 N–H and O–H groups in total. The number of carbonyl (C=O) groups excluding carboxylic acids is 2. The molecular weight excluding hydrogens is 276 g/mol. The summed E-state index contributed by atoms with van der Waals surface area (Å²) in [7, 11) is 0. The third-order valence-electron chi connectivity index (χ3n) is 3.50. The Morgan fingerprint density at radius 2 is 1.59 bits per heavy atom. The first-order chi connectivity index (χ1) is 10.6. The molecule has 2 amide bonds. The second-order valence-electron chi connectivity index (χ2n) is 5.07. The lowest BCUT2D eigenvalue weighted by Crippen LogP contribution is -2.37. The molecule has 0 fully saturated rings. The summed E-state index contributed by atoms with van der Waals surface area (Å²) in [5.74, 6) is -1.29. The minimum Gasteiger partial charge on any atom is -0.341 e. The van der Waals surface area contributed by atoms with Gasteiger partial charge in [-0.25, -0.2) is 0 Å². The van der Waals surface area contributed by atoms with Crippen molar-refractivity contribution in [2.45, 2.75) is 26.3 Å². The van der Waals surface area contributed by atoms with Gasteiger partial charge in [0.15, 0.2) is 0 Å². The zero-order chi connectivity index (χ0) is 15.9. The zero-order valence-corrected chi connectivity index (χ0v) is 12.8. The van der Waals surface area contributed by atoms with Crippen molar-refractivity contribution >= 4 is 17.5 Å². The average molecular weight is 296 g/mol. The van der Waals surface area contributed by atoms with Crippen molar-refractivity contribution < 1.29 is 9.59 Å². The van der Waals surface area contributed by atoms with Gasteiger partial charge in [0.05, 0.1) is 6.04 Å². The topological polar surface area (TPSA) is 58.2 Å². The molecule has 22 heavy (non-hydrogen) atoms. The molecule has 0 aliphatic heterocycles. The van der Waals surface area contributed by atoms with E-state index in [9.17, 15) is 9.59 Å². The second kappa shape index (κ2) is 7.41. The van der Waals surface area contributed by atoms with E-state index < -0.39 is 11.8 Å². The van der Waals surface area contributed by atoms with Crippen molar-refractivity contribution in [3.8, 4) is 0 Å². The zero-order valence-electron chi connectivity index (χ0n) is 12.8. The van der Waals surface area contributed by atoms with Crippen LogP contribution in [-0.2, 0) is 16.0 Å². The van der Waals surface area contributed by atoms with Crippen LogP contribution in [0.15, 0.2) is 54.6 Å². The van der Waals surface area contributed by atoms with Gasteiger partial charge in [-0.1, -0.05) is 55.5 Å². The molecular formula is C18H20N2O2. The number of para-hydroxylation sites is 1. The van der Waals surface area contributed by atoms with Crippen LogP contribution in [0.25, 0.3) is 0 Å². The smallest absolute Gasteiger partial charge is 0.313 e. The highest BCUT2D eigenvalue weighted by Gasteiger charge is 2.17. The number of rotatable bonds is 4. The summed E-state index contributed by atoms with van der Waals surface area (Å²) in [6.07, 6.45) is 0.790. The quantitative estimate of drug-likeness (QED) is 0.852. The van der Waals surface area contributed by atoms with Gasteiger partial charge in [0.25, 0.3) is 0 Å². The monoisotopic (exact) mass is 296 g/mol. The van der Waals surface area contributed by atoms with Gasteiger partial charge in [0, 0.05) is 5.69 Å². The van der Waals surface area contributed by atoms with E-state index in [1.165, 1.54) is 0 Å². The van der Waals surface area contributed by atoms with Gasteiger partial charge in [-0.15, -0.1) is 0 Å². The summed E-state index contributed by atoms with van der Waals surface area (Å²) in [6, 6.07) is 16.8. The summed E-state index contributed by atoms with van der Waals surface area (Å²) in [6.45, 7) is 3.85. The minimum atomic E-state index is -0.649. The largest absolute Gasteiger partial charge is 0.341 e. The Labute approximate surface area is 130 Å². The number of nitrogens with one attached hydrogen (secondary N) is 2. The van der Waals surface area contributed by atoms with E-state index in [4.69, 9.17) is 0 Å². The Kier molecular flexibility index (Phi) is 5.31. The number of hydrogen-bond acceptors (Lipinski definition) is 2. The summed E-state index contributed by atoms with van der Waals surface area (Å²) < 4.78 is 0. The Balaban J connectivity index is 1.99. The molecule has 0 heterocycles. The number of benzene rings is 2. The normalized spacial score (nSPS) is 11.5. The maximum absolute atomic E-state index is 12.0. The SMILES string of the molecule is CCc1ccccc1NC(=O)C(=O)N[C@@H](C)c1ccccc1. The average Bonchev–Trinajstić information content (AvgIpc) is 2.56. The molecule has 0 saturated carbocycles. The number of amides is 2. The van der Waals surface area contributed by atoms with Crippen LogP contribution in [0.4, 0.5) is 5.69 Å². The summed E-state index contributed by atoms with van der Waals surface area (Å²) in [5.41, 5.74) is 2.63. The summed E-state index contributed by atoms with van der Waals surface area (Å²) in [4.78, 5) is 24.0. The van der Waals surface area contributed by atoms with E-state index in [0.717, 1.165) is 17.5 Å². The predicted molar refractivity (Wildman–Crippen MR) is 87.4 cm³/mol. The Morgan fingerprint density at radius 3 is 2.27 bits per heavy atom. The molecule has 0 aliphatic carbocycles. The standard InChI is InChI=1S/C18H20N2O2/c1-3-14-9-7-8-12-16(14)20-18(22)17(21)19-13(2)15-10-5-4-6-11-15/h4-13H,3H2,1-2H3,(H,19,21)(H,20,22)/t13-/m0/s1. The number of aryl methyl sites for hydroxylation is 1. The molecule has 0 spiro atoms. The lowest BCUT2D eigenvalue weighted by Gasteiger charge is -2.14. The molecule has 2 aromatic carbocycles. The molecule has 1 atom stereocenters. The lowest BCUT2D eigenvalue weighted by atomic mass is 10.1. The third kappa shape index (κ3) is 3.95. The molecule has 0 bridgehead atoms. The molecule has 0 aliphatic rings. The van der Waals surface area contributed by atoms with Crippen LogP contribution in [0.3, 0.4) is 0 Å². The third-order valence-corrected chi connectivity index (χ3v) is 3.50. The fourth-order valence-corrected chi connectivity index (χ4v) is 2.22. The molecule has 0 aromatic heterocycles. The summed E-state index contributed by atoms with van der Waals surface area (Å²) >= 11 is 0. The van der Waals surface area contributed by atoms with E-state index in [1.54, 1.807) is 6.07 Å². The van der Waals surface area contributed by atoms with Gasteiger partial charge in [-0.3, -0.25) is 9.59 Å². The maximum Gasteiger partial charge on any atom is 0.313 e. The van der Waals surface area contributed by atoms with Crippen LogP contribution in [0.5, 0.6) is 0 Å². The van der Waals surface area contributed by atoms with Crippen LogP contribution in [0, 0.1) is 0 Å². The molecule has 2 aromatic rings. The molecule has 0 unspecified atom stereocenters. The molecule has 0 radical (unpaired) electrons. The van der Waals surface area contributed by atoms with Gasteiger partial charge in [0.1, 0.15) is 0 Å².